The average Bonchev–Trinajstić information content (AvgIpc) is 3.19. The van der Waals surface area contributed by atoms with Crippen molar-refractivity contribution >= 4 is 22.5 Å². The van der Waals surface area contributed by atoms with E-state index in [0.29, 0.717) is 18.7 Å². The Bertz CT molecular complexity index is 1230. The van der Waals surface area contributed by atoms with E-state index in [0.717, 1.165) is 41.3 Å². The second-order valence-corrected chi connectivity index (χ2v) is 8.39. The monoisotopic (exact) mass is 399 g/mol. The number of hydrogen-bond donors (Lipinski definition) is 0. The molecule has 0 N–H and O–H groups in total. The molecule has 0 bridgehead atoms. The van der Waals surface area contributed by atoms with Gasteiger partial charge in [-0.25, -0.2) is 0 Å². The van der Waals surface area contributed by atoms with Crippen molar-refractivity contribution in [2.45, 2.75) is 46.2 Å². The topological polar surface area (TPSA) is 63.4 Å². The Balaban J connectivity index is 1.56. The van der Waals surface area contributed by atoms with Crippen LogP contribution in [-0.4, -0.2) is 30.8 Å². The van der Waals surface area contributed by atoms with Crippen LogP contribution >= 0.6 is 0 Å². The Morgan fingerprint density at radius 1 is 1.07 bits per heavy atom. The van der Waals surface area contributed by atoms with E-state index >= 15 is 0 Å². The Labute approximate surface area is 175 Å². The molecule has 2 heterocycles. The third kappa shape index (κ3) is 3.32. The first kappa shape index (κ1) is 18.7. The van der Waals surface area contributed by atoms with E-state index in [1.807, 2.05) is 23.1 Å². The van der Waals surface area contributed by atoms with Crippen molar-refractivity contribution in [1.29, 1.82) is 0 Å². The van der Waals surface area contributed by atoms with Crippen LogP contribution in [0.15, 0.2) is 48.5 Å². The second-order valence-electron chi connectivity index (χ2n) is 8.39. The summed E-state index contributed by atoms with van der Waals surface area (Å²) in [6.07, 6.45) is 3.12. The first-order valence-corrected chi connectivity index (χ1v) is 10.5. The molecule has 152 valence electrons. The molecule has 30 heavy (non-hydrogen) atoms. The van der Waals surface area contributed by atoms with Gasteiger partial charge >= 0.3 is 0 Å². The van der Waals surface area contributed by atoms with Gasteiger partial charge in [0, 0.05) is 30.0 Å². The van der Waals surface area contributed by atoms with E-state index in [2.05, 4.69) is 59.7 Å². The van der Waals surface area contributed by atoms with Crippen molar-refractivity contribution in [3.8, 4) is 0 Å². The maximum Gasteiger partial charge on any atom is 0.226 e. The SMILES string of the molecule is Cc1cc2cc(CN(Cc3ccccc3)C(=O)C3CCC3)c3nnnn3c2cc1C. The lowest BCUT2D eigenvalue weighted by molar-refractivity contribution is -0.139. The normalized spacial score (nSPS) is 14.2. The molecule has 1 saturated carbocycles. The Hall–Kier alpha value is -3.28. The molecule has 2 aromatic heterocycles. The van der Waals surface area contributed by atoms with Gasteiger partial charge in [-0.05, 0) is 72.0 Å². The van der Waals surface area contributed by atoms with E-state index in [4.69, 9.17) is 0 Å². The fraction of sp³-hybridized carbons (Fsp3) is 0.333. The number of carbonyl (C=O) groups is 1. The Morgan fingerprint density at radius 2 is 1.83 bits per heavy atom. The fourth-order valence-electron chi connectivity index (χ4n) is 4.18. The van der Waals surface area contributed by atoms with Crippen molar-refractivity contribution in [3.05, 3.63) is 70.8 Å². The molecule has 0 saturated heterocycles. The number of rotatable bonds is 5. The molecule has 2 aromatic carbocycles. The molecule has 1 aliphatic carbocycles. The van der Waals surface area contributed by atoms with Crippen LogP contribution in [0, 0.1) is 19.8 Å². The van der Waals surface area contributed by atoms with Crippen molar-refractivity contribution in [2.75, 3.05) is 0 Å². The summed E-state index contributed by atoms with van der Waals surface area (Å²) in [5.74, 6) is 0.377. The van der Waals surface area contributed by atoms with E-state index < -0.39 is 0 Å². The number of amides is 1. The molecule has 0 unspecified atom stereocenters. The Kier molecular flexibility index (Phi) is 4.69. The van der Waals surface area contributed by atoms with Crippen molar-refractivity contribution in [2.24, 2.45) is 5.92 Å². The van der Waals surface area contributed by atoms with Crippen LogP contribution < -0.4 is 0 Å². The van der Waals surface area contributed by atoms with Gasteiger partial charge < -0.3 is 4.90 Å². The molecule has 1 aliphatic rings. The lowest BCUT2D eigenvalue weighted by atomic mass is 9.84. The second kappa shape index (κ2) is 7.52. The minimum Gasteiger partial charge on any atom is -0.334 e. The smallest absolute Gasteiger partial charge is 0.226 e. The van der Waals surface area contributed by atoms with Crippen molar-refractivity contribution < 1.29 is 4.79 Å². The van der Waals surface area contributed by atoms with Crippen LogP contribution in [-0.2, 0) is 17.9 Å². The molecule has 0 atom stereocenters. The van der Waals surface area contributed by atoms with E-state index in [-0.39, 0.29) is 11.8 Å². The summed E-state index contributed by atoms with van der Waals surface area (Å²) in [6, 6.07) is 16.6. The van der Waals surface area contributed by atoms with Gasteiger partial charge in [0.15, 0.2) is 5.65 Å². The highest BCUT2D eigenvalue weighted by atomic mass is 16.2. The number of tetrazole rings is 1. The zero-order valence-electron chi connectivity index (χ0n) is 17.4. The van der Waals surface area contributed by atoms with Gasteiger partial charge in [-0.15, -0.1) is 5.10 Å². The summed E-state index contributed by atoms with van der Waals surface area (Å²) in [5, 5.41) is 13.5. The van der Waals surface area contributed by atoms with Gasteiger partial charge in [0.1, 0.15) is 0 Å². The lowest BCUT2D eigenvalue weighted by Gasteiger charge is -2.32. The number of benzene rings is 2. The summed E-state index contributed by atoms with van der Waals surface area (Å²) in [4.78, 5) is 15.2. The first-order valence-electron chi connectivity index (χ1n) is 10.5. The minimum absolute atomic E-state index is 0.145. The van der Waals surface area contributed by atoms with Crippen LogP contribution in [0.3, 0.4) is 0 Å². The maximum absolute atomic E-state index is 13.2. The van der Waals surface area contributed by atoms with E-state index in [9.17, 15) is 4.79 Å². The van der Waals surface area contributed by atoms with Crippen molar-refractivity contribution in [1.82, 2.24) is 24.9 Å². The molecule has 4 aromatic rings. The van der Waals surface area contributed by atoms with Gasteiger partial charge in [0.25, 0.3) is 0 Å². The quantitative estimate of drug-likeness (QED) is 0.504. The summed E-state index contributed by atoms with van der Waals surface area (Å²) >= 11 is 0. The Morgan fingerprint density at radius 3 is 2.57 bits per heavy atom. The van der Waals surface area contributed by atoms with Gasteiger partial charge in [0.2, 0.25) is 5.91 Å². The molecule has 6 nitrogen and oxygen atoms in total. The average molecular weight is 399 g/mol. The lowest BCUT2D eigenvalue weighted by Crippen LogP contribution is -2.38. The van der Waals surface area contributed by atoms with Gasteiger partial charge in [-0.1, -0.05) is 36.8 Å². The number of pyridine rings is 1. The van der Waals surface area contributed by atoms with E-state index in [1.165, 1.54) is 11.1 Å². The van der Waals surface area contributed by atoms with E-state index in [1.54, 1.807) is 4.52 Å². The number of carbonyl (C=O) groups excluding carboxylic acids is 1. The van der Waals surface area contributed by atoms with Crippen molar-refractivity contribution in [3.63, 3.8) is 0 Å². The van der Waals surface area contributed by atoms with Gasteiger partial charge in [0.05, 0.1) is 5.52 Å². The predicted molar refractivity (Wildman–Crippen MR) is 116 cm³/mol. The molecular formula is C24H25N5O. The largest absolute Gasteiger partial charge is 0.334 e. The zero-order valence-corrected chi connectivity index (χ0v) is 17.4. The summed E-state index contributed by atoms with van der Waals surface area (Å²) in [7, 11) is 0. The minimum atomic E-state index is 0.145. The summed E-state index contributed by atoms with van der Waals surface area (Å²) in [6.45, 7) is 5.30. The molecule has 0 aliphatic heterocycles. The molecule has 0 radical (unpaired) electrons. The molecule has 6 heteroatoms. The summed E-state index contributed by atoms with van der Waals surface area (Å²) in [5.41, 5.74) is 6.24. The predicted octanol–water partition coefficient (Wildman–Crippen LogP) is 4.22. The molecular weight excluding hydrogens is 374 g/mol. The highest BCUT2D eigenvalue weighted by Gasteiger charge is 2.30. The number of aryl methyl sites for hydroxylation is 2. The zero-order chi connectivity index (χ0) is 20.7. The molecule has 0 spiro atoms. The van der Waals surface area contributed by atoms with Gasteiger partial charge in [-0.3, -0.25) is 4.79 Å². The van der Waals surface area contributed by atoms with Crippen LogP contribution in [0.1, 0.15) is 41.5 Å². The van der Waals surface area contributed by atoms with Crippen LogP contribution in [0.5, 0.6) is 0 Å². The van der Waals surface area contributed by atoms with Gasteiger partial charge in [-0.2, -0.15) is 4.52 Å². The van der Waals surface area contributed by atoms with Crippen LogP contribution in [0.4, 0.5) is 0 Å². The molecule has 1 amide bonds. The highest BCUT2D eigenvalue weighted by molar-refractivity contribution is 5.85. The van der Waals surface area contributed by atoms with Crippen LogP contribution in [0.25, 0.3) is 16.6 Å². The van der Waals surface area contributed by atoms with Crippen LogP contribution in [0.2, 0.25) is 0 Å². The third-order valence-electron chi connectivity index (χ3n) is 6.30. The fourth-order valence-corrected chi connectivity index (χ4v) is 4.18. The highest BCUT2D eigenvalue weighted by Crippen LogP contribution is 2.30. The molecule has 5 rings (SSSR count). The number of aromatic nitrogens is 4. The maximum atomic E-state index is 13.2. The number of fused-ring (bicyclic) bond motifs is 3. The standard InChI is InChI=1S/C24H25N5O/c1-16-11-20-13-21(23-25-26-27-29(23)22(20)12-17(16)2)15-28(24(30)19-9-6-10-19)14-18-7-4-3-5-8-18/h3-5,7-8,11-13,19H,6,9-10,14-15H2,1-2H3. The summed E-state index contributed by atoms with van der Waals surface area (Å²) < 4.78 is 1.80. The number of nitrogens with zero attached hydrogens (tertiary/aromatic N) is 5. The molecule has 1 fully saturated rings. The first-order chi connectivity index (χ1) is 14.6. The number of hydrogen-bond acceptors (Lipinski definition) is 4. The third-order valence-corrected chi connectivity index (χ3v) is 6.30.